The lowest BCUT2D eigenvalue weighted by Gasteiger charge is -2.16. The molecule has 346 valence electrons. The van der Waals surface area contributed by atoms with E-state index in [1.165, 1.54) is 276 Å². The van der Waals surface area contributed by atoms with E-state index < -0.39 is 5.97 Å². The molecular weight excluding hydrogens is 707 g/mol. The van der Waals surface area contributed by atoms with E-state index >= 15 is 0 Å². The predicted octanol–water partition coefficient (Wildman–Crippen LogP) is 19.3. The van der Waals surface area contributed by atoms with Gasteiger partial charge in [-0.15, -0.1) is 0 Å². The molecule has 3 nitrogen and oxygen atoms in total. The average molecular weight is 816 g/mol. The predicted molar refractivity (Wildman–Crippen MR) is 264 cm³/mol. The molecule has 0 aliphatic rings. The summed E-state index contributed by atoms with van der Waals surface area (Å²) in [6.45, 7) is 9.46. The maximum atomic E-state index is 10.3. The first-order chi connectivity index (χ1) is 28.6. The molecule has 3 heteroatoms. The number of unbranched alkanes of at least 4 members (excludes halogenated alkanes) is 38. The summed E-state index contributed by atoms with van der Waals surface area (Å²) in [5.41, 5.74) is 0. The molecule has 0 aromatic rings. The van der Waals surface area contributed by atoms with Gasteiger partial charge in [-0.3, -0.25) is 4.79 Å². The maximum absolute atomic E-state index is 10.3. The Morgan fingerprint density at radius 2 is 0.534 bits per heavy atom. The van der Waals surface area contributed by atoms with Crippen LogP contribution in [0, 0.1) is 0 Å². The second-order valence-electron chi connectivity index (χ2n) is 18.3. The summed E-state index contributed by atoms with van der Waals surface area (Å²) in [6, 6.07) is 0. The van der Waals surface area contributed by atoms with Crippen LogP contribution in [-0.2, 0) is 4.79 Å². The van der Waals surface area contributed by atoms with E-state index in [9.17, 15) is 4.79 Å². The summed E-state index contributed by atoms with van der Waals surface area (Å²) < 4.78 is 0. The Labute approximate surface area is 367 Å². The topological polar surface area (TPSA) is 40.5 Å². The van der Waals surface area contributed by atoms with Crippen LogP contribution in [-0.4, -0.2) is 36.1 Å². The molecule has 0 saturated heterocycles. The second kappa shape index (κ2) is 55.9. The van der Waals surface area contributed by atoms with Crippen LogP contribution >= 0.6 is 0 Å². The van der Waals surface area contributed by atoms with Gasteiger partial charge in [0.25, 0.3) is 0 Å². The van der Waals surface area contributed by atoms with E-state index in [1.807, 2.05) is 0 Å². The van der Waals surface area contributed by atoms with Crippen molar-refractivity contribution in [2.75, 3.05) is 20.1 Å². The zero-order chi connectivity index (χ0) is 42.5. The van der Waals surface area contributed by atoms with Crippen molar-refractivity contribution >= 4 is 5.97 Å². The van der Waals surface area contributed by atoms with Crippen molar-refractivity contribution in [1.82, 2.24) is 4.90 Å². The molecule has 0 unspecified atom stereocenters. The lowest BCUT2D eigenvalue weighted by atomic mass is 10.0. The highest BCUT2D eigenvalue weighted by Gasteiger charge is 2.00. The smallest absolute Gasteiger partial charge is 0.303 e. The minimum Gasteiger partial charge on any atom is -0.481 e. The molecule has 1 N–H and O–H groups in total. The summed E-state index contributed by atoms with van der Waals surface area (Å²) in [7, 11) is 2.33. The van der Waals surface area contributed by atoms with Crippen molar-refractivity contribution < 1.29 is 9.90 Å². The van der Waals surface area contributed by atoms with Crippen LogP contribution in [0.15, 0.2) is 24.3 Å². The summed E-state index contributed by atoms with van der Waals surface area (Å²) in [5, 5.41) is 8.52. The highest BCUT2D eigenvalue weighted by Crippen LogP contribution is 2.15. The molecule has 0 amide bonds. The van der Waals surface area contributed by atoms with E-state index in [2.05, 4.69) is 57.0 Å². The number of aliphatic carboxylic acids is 1. The third kappa shape index (κ3) is 59.2. The minimum absolute atomic E-state index is 0.345. The molecule has 0 aliphatic heterocycles. The Balaban J connectivity index is 0. The number of carboxylic acid groups (broad SMARTS) is 1. The van der Waals surface area contributed by atoms with Crippen LogP contribution in [0.3, 0.4) is 0 Å². The largest absolute Gasteiger partial charge is 0.481 e. The number of allylic oxidation sites excluding steroid dienone is 4. The number of hydrogen-bond acceptors (Lipinski definition) is 2. The Kier molecular flexibility index (Phi) is 56.9. The molecule has 0 fully saturated rings. The van der Waals surface area contributed by atoms with Gasteiger partial charge in [0.2, 0.25) is 0 Å². The first-order valence-corrected chi connectivity index (χ1v) is 26.8. The fraction of sp³-hybridized carbons (Fsp3) is 0.909. The Bertz CT molecular complexity index is 749. The zero-order valence-electron chi connectivity index (χ0n) is 40.6. The Morgan fingerprint density at radius 1 is 0.328 bits per heavy atom. The molecule has 0 aromatic heterocycles. The van der Waals surface area contributed by atoms with Gasteiger partial charge in [-0.05, 0) is 90.8 Å². The van der Waals surface area contributed by atoms with Crippen molar-refractivity contribution in [3.05, 3.63) is 24.3 Å². The molecule has 0 atom stereocenters. The first-order valence-electron chi connectivity index (χ1n) is 26.8. The van der Waals surface area contributed by atoms with Crippen LogP contribution in [0.4, 0.5) is 0 Å². The van der Waals surface area contributed by atoms with Crippen LogP contribution in [0.25, 0.3) is 0 Å². The normalized spacial score (nSPS) is 11.7. The van der Waals surface area contributed by atoms with E-state index in [0.29, 0.717) is 6.42 Å². The molecule has 0 bridgehead atoms. The second-order valence-corrected chi connectivity index (χ2v) is 18.3. The monoisotopic (exact) mass is 816 g/mol. The van der Waals surface area contributed by atoms with Gasteiger partial charge in [0.15, 0.2) is 0 Å². The average Bonchev–Trinajstić information content (AvgIpc) is 3.22. The summed E-state index contributed by atoms with van der Waals surface area (Å²) in [4.78, 5) is 12.9. The van der Waals surface area contributed by atoms with Gasteiger partial charge in [-0.25, -0.2) is 0 Å². The third-order valence-electron chi connectivity index (χ3n) is 12.1. The summed E-state index contributed by atoms with van der Waals surface area (Å²) in [6.07, 6.45) is 69.1. The lowest BCUT2D eigenvalue weighted by Crippen LogP contribution is -2.20. The Hall–Kier alpha value is -1.09. The molecule has 0 aromatic carbocycles. The fourth-order valence-electron chi connectivity index (χ4n) is 8.02. The number of nitrogens with zero attached hydrogens (tertiary/aromatic N) is 1. The van der Waals surface area contributed by atoms with Crippen molar-refractivity contribution in [2.24, 2.45) is 0 Å². The highest BCUT2D eigenvalue weighted by molar-refractivity contribution is 5.66. The van der Waals surface area contributed by atoms with Crippen molar-refractivity contribution in [3.63, 3.8) is 0 Å². The fourth-order valence-corrected chi connectivity index (χ4v) is 8.02. The van der Waals surface area contributed by atoms with Gasteiger partial charge in [-0.1, -0.05) is 251 Å². The number of carboxylic acids is 1. The van der Waals surface area contributed by atoms with E-state index in [-0.39, 0.29) is 0 Å². The summed E-state index contributed by atoms with van der Waals surface area (Å²) in [5.74, 6) is -0.653. The molecule has 0 aliphatic carbocycles. The number of carbonyl (C=O) groups is 1. The summed E-state index contributed by atoms with van der Waals surface area (Å²) >= 11 is 0. The van der Waals surface area contributed by atoms with Gasteiger partial charge in [0.05, 0.1) is 0 Å². The maximum Gasteiger partial charge on any atom is 0.303 e. The van der Waals surface area contributed by atoms with Crippen LogP contribution in [0.2, 0.25) is 0 Å². The van der Waals surface area contributed by atoms with Crippen molar-refractivity contribution in [2.45, 2.75) is 303 Å². The van der Waals surface area contributed by atoms with Gasteiger partial charge in [0, 0.05) is 6.42 Å². The quantitative estimate of drug-likeness (QED) is 0.0491. The minimum atomic E-state index is -0.653. The highest BCUT2D eigenvalue weighted by atomic mass is 16.4. The van der Waals surface area contributed by atoms with Crippen LogP contribution in [0.1, 0.15) is 303 Å². The van der Waals surface area contributed by atoms with Gasteiger partial charge in [0.1, 0.15) is 0 Å². The lowest BCUT2D eigenvalue weighted by molar-refractivity contribution is -0.137. The standard InChI is InChI=1S/C37H73N.C18H36O2/c1-4-6-8-10-12-14-16-18-20-22-24-26-28-30-32-34-36-38(3)37-35-33-31-29-27-25-23-21-19-17-15-13-11-9-7-5-2;1-2-3-4-5-6-7-8-9-10-11-12-13-14-15-16-17-18(19)20/h18-21H,4-17,22-37H2,1-3H3;2-17H2,1H3,(H,19,20)/b20-18-,21-19-;. The zero-order valence-corrected chi connectivity index (χ0v) is 40.6. The molecular formula is C55H109NO2. The number of hydrogen-bond donors (Lipinski definition) is 1. The van der Waals surface area contributed by atoms with Crippen molar-refractivity contribution in [1.29, 1.82) is 0 Å². The molecule has 58 heavy (non-hydrogen) atoms. The van der Waals surface area contributed by atoms with Gasteiger partial charge in [-0.2, -0.15) is 0 Å². The molecule has 0 saturated carbocycles. The molecule has 0 spiro atoms. The van der Waals surface area contributed by atoms with Crippen LogP contribution in [0.5, 0.6) is 0 Å². The van der Waals surface area contributed by atoms with E-state index in [4.69, 9.17) is 5.11 Å². The first kappa shape index (κ1) is 59.0. The van der Waals surface area contributed by atoms with E-state index in [1.54, 1.807) is 0 Å². The van der Waals surface area contributed by atoms with Gasteiger partial charge >= 0.3 is 5.97 Å². The SMILES string of the molecule is CCCCCCCC/C=C\CCCCCCCCN(C)CCCCCCCC/C=C\CCCCCCCC.CCCCCCCCCCCCCCCCCC(=O)O. The van der Waals surface area contributed by atoms with Crippen molar-refractivity contribution in [3.8, 4) is 0 Å². The third-order valence-corrected chi connectivity index (χ3v) is 12.1. The van der Waals surface area contributed by atoms with Crippen LogP contribution < -0.4 is 0 Å². The van der Waals surface area contributed by atoms with Gasteiger partial charge < -0.3 is 10.0 Å². The number of rotatable bonds is 48. The molecule has 0 rings (SSSR count). The van der Waals surface area contributed by atoms with E-state index in [0.717, 1.165) is 12.8 Å². The Morgan fingerprint density at radius 3 is 0.776 bits per heavy atom. The molecule has 0 heterocycles. The molecule has 0 radical (unpaired) electrons.